The number of nitrogen functional groups attached to an aromatic ring is 1. The minimum Gasteiger partial charge on any atom is -0.495 e. The number of aryl methyl sites for hydroxylation is 1. The van der Waals surface area contributed by atoms with Crippen LogP contribution >= 0.6 is 8.03 Å². The van der Waals surface area contributed by atoms with Crippen molar-refractivity contribution in [2.75, 3.05) is 19.0 Å². The van der Waals surface area contributed by atoms with Gasteiger partial charge in [0.1, 0.15) is 5.75 Å². The van der Waals surface area contributed by atoms with Crippen LogP contribution in [0.3, 0.4) is 0 Å². The van der Waals surface area contributed by atoms with Crippen molar-refractivity contribution < 1.29 is 14.2 Å². The number of benzene rings is 1. The Morgan fingerprint density at radius 2 is 2.29 bits per heavy atom. The average molecular weight is 214 g/mol. The fourth-order valence-corrected chi connectivity index (χ4v) is 1.59. The Kier molecular flexibility index (Phi) is 3.86. The molecule has 0 fully saturated rings. The Balaban J connectivity index is 2.74. The summed E-state index contributed by atoms with van der Waals surface area (Å²) in [5, 5.41) is 0. The van der Waals surface area contributed by atoms with Crippen LogP contribution in [0.5, 0.6) is 5.75 Å². The van der Waals surface area contributed by atoms with E-state index in [4.69, 9.17) is 15.4 Å². The smallest absolute Gasteiger partial charge is 0.495 e. The SMILES string of the molecule is COc1cc(CC[P+](=O)O)ccc1N. The molecule has 1 unspecified atom stereocenters. The van der Waals surface area contributed by atoms with E-state index in [1.807, 2.05) is 6.07 Å². The lowest BCUT2D eigenvalue weighted by atomic mass is 10.1. The van der Waals surface area contributed by atoms with Crippen LogP contribution in [0.4, 0.5) is 5.69 Å². The molecule has 1 aromatic carbocycles. The molecule has 4 nitrogen and oxygen atoms in total. The van der Waals surface area contributed by atoms with Gasteiger partial charge in [-0.1, -0.05) is 6.07 Å². The van der Waals surface area contributed by atoms with Crippen LogP contribution in [-0.2, 0) is 11.0 Å². The van der Waals surface area contributed by atoms with Crippen LogP contribution in [0.15, 0.2) is 18.2 Å². The molecular formula is C9H13NO3P+. The first-order valence-corrected chi connectivity index (χ1v) is 5.59. The van der Waals surface area contributed by atoms with Crippen molar-refractivity contribution in [3.8, 4) is 5.75 Å². The Labute approximate surface area is 83.6 Å². The normalized spacial score (nSPS) is 11.1. The second-order valence-electron chi connectivity index (χ2n) is 2.90. The van der Waals surface area contributed by atoms with E-state index in [0.717, 1.165) is 5.56 Å². The molecule has 5 heteroatoms. The highest BCUT2D eigenvalue weighted by molar-refractivity contribution is 7.37. The van der Waals surface area contributed by atoms with Crippen molar-refractivity contribution in [3.63, 3.8) is 0 Å². The number of hydrogen-bond acceptors (Lipinski definition) is 3. The molecule has 1 aromatic rings. The third-order valence-electron chi connectivity index (χ3n) is 1.89. The molecule has 1 atom stereocenters. The number of methoxy groups -OCH3 is 1. The molecule has 1 rings (SSSR count). The van der Waals surface area contributed by atoms with Crippen molar-refractivity contribution >= 4 is 13.7 Å². The summed E-state index contributed by atoms with van der Waals surface area (Å²) >= 11 is 0. The van der Waals surface area contributed by atoms with E-state index in [1.165, 1.54) is 0 Å². The first kappa shape index (κ1) is 11.0. The zero-order chi connectivity index (χ0) is 10.6. The second-order valence-corrected chi connectivity index (χ2v) is 4.05. The summed E-state index contributed by atoms with van der Waals surface area (Å²) in [7, 11) is -0.524. The highest BCUT2D eigenvalue weighted by Crippen LogP contribution is 2.24. The lowest BCUT2D eigenvalue weighted by Gasteiger charge is -2.05. The maximum Gasteiger partial charge on any atom is 0.505 e. The quantitative estimate of drug-likeness (QED) is 0.589. The summed E-state index contributed by atoms with van der Waals surface area (Å²) in [5.74, 6) is 0.607. The van der Waals surface area contributed by atoms with Gasteiger partial charge in [0.15, 0.2) is 6.16 Å². The first-order valence-electron chi connectivity index (χ1n) is 4.19. The van der Waals surface area contributed by atoms with E-state index in [-0.39, 0.29) is 6.16 Å². The van der Waals surface area contributed by atoms with Gasteiger partial charge in [0.25, 0.3) is 0 Å². The van der Waals surface area contributed by atoms with Crippen molar-refractivity contribution in [2.24, 2.45) is 0 Å². The van der Waals surface area contributed by atoms with E-state index in [2.05, 4.69) is 0 Å². The predicted molar refractivity (Wildman–Crippen MR) is 55.8 cm³/mol. The number of hydrogen-bond donors (Lipinski definition) is 2. The summed E-state index contributed by atoms with van der Waals surface area (Å²) in [4.78, 5) is 8.65. The molecule has 0 heterocycles. The molecule has 3 N–H and O–H groups in total. The van der Waals surface area contributed by atoms with Gasteiger partial charge < -0.3 is 10.5 Å². The fourth-order valence-electron chi connectivity index (χ4n) is 1.14. The van der Waals surface area contributed by atoms with Crippen molar-refractivity contribution in [2.45, 2.75) is 6.42 Å². The molecule has 0 amide bonds. The van der Waals surface area contributed by atoms with Crippen LogP contribution in [0.2, 0.25) is 0 Å². The minimum atomic E-state index is -2.07. The van der Waals surface area contributed by atoms with E-state index in [0.29, 0.717) is 17.9 Å². The van der Waals surface area contributed by atoms with Crippen molar-refractivity contribution in [1.29, 1.82) is 0 Å². The highest BCUT2D eigenvalue weighted by atomic mass is 31.1. The molecule has 0 saturated carbocycles. The van der Waals surface area contributed by atoms with Gasteiger partial charge in [0.2, 0.25) is 0 Å². The molecule has 0 bridgehead atoms. The van der Waals surface area contributed by atoms with E-state index >= 15 is 0 Å². The number of nitrogens with two attached hydrogens (primary N) is 1. The first-order chi connectivity index (χ1) is 6.63. The minimum absolute atomic E-state index is 0.266. The van der Waals surface area contributed by atoms with Crippen LogP contribution in [0.25, 0.3) is 0 Å². The summed E-state index contributed by atoms with van der Waals surface area (Å²) in [6.45, 7) is 0. The summed E-state index contributed by atoms with van der Waals surface area (Å²) in [6, 6.07) is 5.35. The summed E-state index contributed by atoms with van der Waals surface area (Å²) in [5.41, 5.74) is 7.15. The molecule has 14 heavy (non-hydrogen) atoms. The fraction of sp³-hybridized carbons (Fsp3) is 0.333. The lowest BCUT2D eigenvalue weighted by molar-refractivity contribution is 0.416. The Hall–Kier alpha value is -1.12. The molecule has 0 aliphatic carbocycles. The number of ether oxygens (including phenoxy) is 1. The zero-order valence-corrected chi connectivity index (χ0v) is 8.83. The monoisotopic (exact) mass is 214 g/mol. The van der Waals surface area contributed by atoms with Crippen LogP contribution in [-0.4, -0.2) is 18.2 Å². The highest BCUT2D eigenvalue weighted by Gasteiger charge is 2.10. The molecule has 0 radical (unpaired) electrons. The van der Waals surface area contributed by atoms with Gasteiger partial charge in [0, 0.05) is 6.42 Å². The number of anilines is 1. The zero-order valence-electron chi connectivity index (χ0n) is 7.93. The average Bonchev–Trinajstić information content (AvgIpc) is 2.16. The van der Waals surface area contributed by atoms with Crippen LogP contribution in [0, 0.1) is 0 Å². The topological polar surface area (TPSA) is 72.5 Å². The van der Waals surface area contributed by atoms with Crippen LogP contribution in [0.1, 0.15) is 5.56 Å². The van der Waals surface area contributed by atoms with Gasteiger partial charge >= 0.3 is 8.03 Å². The molecular weight excluding hydrogens is 201 g/mol. The summed E-state index contributed by atoms with van der Waals surface area (Å²) in [6.07, 6.45) is 0.824. The third kappa shape index (κ3) is 2.98. The van der Waals surface area contributed by atoms with E-state index in [9.17, 15) is 4.57 Å². The molecule has 0 aliphatic heterocycles. The predicted octanol–water partition coefficient (Wildman–Crippen LogP) is 1.55. The third-order valence-corrected chi connectivity index (χ3v) is 2.50. The Morgan fingerprint density at radius 3 is 2.86 bits per heavy atom. The van der Waals surface area contributed by atoms with Crippen LogP contribution < -0.4 is 10.5 Å². The van der Waals surface area contributed by atoms with Gasteiger partial charge in [-0.15, -0.1) is 0 Å². The Bertz CT molecular complexity index is 341. The largest absolute Gasteiger partial charge is 0.505 e. The van der Waals surface area contributed by atoms with Gasteiger partial charge in [-0.2, -0.15) is 4.89 Å². The molecule has 0 aromatic heterocycles. The van der Waals surface area contributed by atoms with Crippen molar-refractivity contribution in [3.05, 3.63) is 23.8 Å². The standard InChI is InChI=1S/C9H12NO3P/c1-13-9-6-7(2-3-8(9)10)4-5-14(11)12/h2-3,6H,4-5,10H2,1H3/p+1. The van der Waals surface area contributed by atoms with Crippen molar-refractivity contribution in [1.82, 2.24) is 0 Å². The Morgan fingerprint density at radius 1 is 1.57 bits per heavy atom. The summed E-state index contributed by atoms with van der Waals surface area (Å²) < 4.78 is 15.5. The van der Waals surface area contributed by atoms with E-state index in [1.54, 1.807) is 19.2 Å². The molecule has 0 spiro atoms. The van der Waals surface area contributed by atoms with Gasteiger partial charge in [0.05, 0.1) is 12.8 Å². The van der Waals surface area contributed by atoms with Gasteiger partial charge in [-0.05, 0) is 22.3 Å². The number of rotatable bonds is 4. The second kappa shape index (κ2) is 4.94. The van der Waals surface area contributed by atoms with Gasteiger partial charge in [-0.3, -0.25) is 0 Å². The molecule has 0 saturated heterocycles. The maximum absolute atomic E-state index is 10.5. The lowest BCUT2D eigenvalue weighted by Crippen LogP contribution is -1.95. The molecule has 76 valence electrons. The maximum atomic E-state index is 10.5. The molecule has 0 aliphatic rings. The van der Waals surface area contributed by atoms with Gasteiger partial charge in [-0.25, -0.2) is 0 Å². The van der Waals surface area contributed by atoms with E-state index < -0.39 is 8.03 Å².